The molecule has 85 heavy (non-hydrogen) atoms. The molecule has 0 aromatic heterocycles. The van der Waals surface area contributed by atoms with Crippen molar-refractivity contribution in [3.05, 3.63) is 65.7 Å². The average Bonchev–Trinajstić information content (AvgIpc) is 2.31. The lowest BCUT2D eigenvalue weighted by Crippen LogP contribution is -2.59. The second kappa shape index (κ2) is 33.9. The number of amides is 8. The van der Waals surface area contributed by atoms with Crippen LogP contribution in [0.2, 0.25) is 0 Å². The monoisotopic (exact) mass is 1180 g/mol. The summed E-state index contributed by atoms with van der Waals surface area (Å²) in [5.41, 5.74) is 4.41. The third-order valence-corrected chi connectivity index (χ3v) is 17.1. The highest BCUT2D eigenvalue weighted by Gasteiger charge is 2.49. The van der Waals surface area contributed by atoms with Crippen molar-refractivity contribution in [2.24, 2.45) is 41.4 Å². The van der Waals surface area contributed by atoms with Gasteiger partial charge in [0, 0.05) is 65.7 Å². The van der Waals surface area contributed by atoms with Gasteiger partial charge >= 0.3 is 6.09 Å². The van der Waals surface area contributed by atoms with E-state index in [-0.39, 0.29) is 67.9 Å². The largest absolute Gasteiger partial charge is 0.449 e. The van der Waals surface area contributed by atoms with E-state index in [1.54, 1.807) is 55.0 Å². The number of nitrogens with one attached hydrogen (secondary N) is 6. The van der Waals surface area contributed by atoms with Gasteiger partial charge in [-0.1, -0.05) is 97.4 Å². The molecule has 21 nitrogen and oxygen atoms in total. The summed E-state index contributed by atoms with van der Waals surface area (Å²) in [5, 5.41) is 14.0. The Morgan fingerprint density at radius 1 is 0.741 bits per heavy atom. The van der Waals surface area contributed by atoms with Gasteiger partial charge in [-0.25, -0.2) is 10.3 Å². The average molecular weight is 1180 g/mol. The maximum Gasteiger partial charge on any atom is 0.407 e. The van der Waals surface area contributed by atoms with Gasteiger partial charge in [-0.15, -0.1) is 11.8 Å². The molecule has 0 radical (unpaired) electrons. The van der Waals surface area contributed by atoms with E-state index in [2.05, 4.69) is 43.9 Å². The first-order valence-corrected chi connectivity index (χ1v) is 30.4. The number of likely N-dealkylation sites (tertiary alicyclic amines) is 1. The zero-order valence-electron chi connectivity index (χ0n) is 52.5. The number of alkyl carbamates (subject to hydrolysis) is 1. The van der Waals surface area contributed by atoms with Crippen molar-refractivity contribution in [2.45, 2.75) is 175 Å². The second-order valence-electron chi connectivity index (χ2n) is 24.2. The minimum absolute atomic E-state index is 0.00710. The fourth-order valence-corrected chi connectivity index (χ4v) is 12.1. The number of anilines is 1. The minimum Gasteiger partial charge on any atom is -0.449 e. The van der Waals surface area contributed by atoms with Crippen LogP contribution in [0, 0.1) is 53.3 Å². The highest BCUT2D eigenvalue weighted by molar-refractivity contribution is 5.97. The molecule has 1 heterocycles. The van der Waals surface area contributed by atoms with Gasteiger partial charge in [0.15, 0.2) is 0 Å². The molecule has 2 aromatic rings. The van der Waals surface area contributed by atoms with Gasteiger partial charge in [0.1, 0.15) is 18.1 Å². The molecule has 470 valence electrons. The maximum atomic E-state index is 14.5. The number of ether oxygens (including phenoxy) is 3. The first-order valence-electron chi connectivity index (χ1n) is 30.4. The third-order valence-electron chi connectivity index (χ3n) is 17.1. The molecule has 8 amide bonds. The number of fused-ring (bicyclic) bond motifs is 1. The van der Waals surface area contributed by atoms with Gasteiger partial charge in [-0.3, -0.25) is 43.3 Å². The summed E-state index contributed by atoms with van der Waals surface area (Å²) in [6.45, 7) is 15.8. The molecular weight excluding hydrogens is 1090 g/mol. The van der Waals surface area contributed by atoms with Gasteiger partial charge in [-0.05, 0) is 105 Å². The molecule has 5 rings (SSSR count). The lowest BCUT2D eigenvalue weighted by Gasteiger charge is -2.41. The highest BCUT2D eigenvalue weighted by atomic mass is 16.7. The van der Waals surface area contributed by atoms with Gasteiger partial charge in [0.05, 0.1) is 55.9 Å². The number of nitrogens with zero attached hydrogens (tertiary/aromatic N) is 3. The SMILES string of the molecule is CC[C@H](C)[C@@H]([C@@H](CC(=O)N1CCC[C@H]1[C@H](OC)[C@@H](C)C(=O)N[C@@H](Cc1ccccc1)C(=O)NOCc1ccc(NC(=O)[C@@H](C)NC(=O)CCNC(=O)OCC2C3CCC#CCCC32)cc1)OC)N(C)C(=O)[C@@H](NC(=O)C(C(C)C)N(C)C)C(C)C. The quantitative estimate of drug-likeness (QED) is 0.0386. The summed E-state index contributed by atoms with van der Waals surface area (Å²) < 4.78 is 17.6. The smallest absolute Gasteiger partial charge is 0.407 e. The van der Waals surface area contributed by atoms with E-state index in [0.29, 0.717) is 61.4 Å². The standard InChI is InChI=1S/C64H97N9O12/c1-14-41(6)57(72(11)63(80)55(39(2)3)69-62(79)56(40(4)5)71(9)10)52(82-12)36-54(75)73-34-22-27-51(73)58(83-13)42(7)59(76)68-50(35-44-23-18-17-19-24-44)61(78)70-85-37-45-28-30-46(31-29-45)67-60(77)43(8)66-53(74)32-33-65-64(81)84-38-49-47-25-20-15-16-21-26-48(47)49/h17-19,23-24,28-31,39-43,47-52,55-58H,14,20-22,25-27,32-38H2,1-13H3,(H,65,81)(H,66,74)(H,67,77)(H,68,76)(H,69,79)(H,70,78)/t41-,42+,43+,47?,48?,49?,50-,51-,52+,55-,56?,57-,58+/m0/s1. The van der Waals surface area contributed by atoms with Crippen LogP contribution in [0.4, 0.5) is 10.5 Å². The fraction of sp³-hybridized carbons (Fsp3) is 0.656. The first kappa shape index (κ1) is 69.2. The molecule has 1 saturated heterocycles. The molecule has 0 bridgehead atoms. The highest BCUT2D eigenvalue weighted by Crippen LogP contribution is 2.52. The number of hydrogen-bond acceptors (Lipinski definition) is 13. The zero-order valence-corrected chi connectivity index (χ0v) is 52.5. The predicted octanol–water partition coefficient (Wildman–Crippen LogP) is 5.61. The Morgan fingerprint density at radius 3 is 1.99 bits per heavy atom. The number of methoxy groups -OCH3 is 2. The number of likely N-dealkylation sites (N-methyl/N-ethyl adjacent to an activating group) is 2. The molecule has 1 saturated carbocycles. The number of hydroxylamine groups is 1. The summed E-state index contributed by atoms with van der Waals surface area (Å²) in [5.74, 6) is 4.06. The van der Waals surface area contributed by atoms with E-state index in [4.69, 9.17) is 19.0 Å². The predicted molar refractivity (Wildman–Crippen MR) is 324 cm³/mol. The van der Waals surface area contributed by atoms with Crippen molar-refractivity contribution < 1.29 is 57.4 Å². The van der Waals surface area contributed by atoms with Crippen LogP contribution >= 0.6 is 0 Å². The molecule has 6 N–H and O–H groups in total. The fourth-order valence-electron chi connectivity index (χ4n) is 12.1. The molecule has 3 aliphatic rings. The zero-order chi connectivity index (χ0) is 62.5. The minimum atomic E-state index is -1.07. The Morgan fingerprint density at radius 2 is 1.40 bits per heavy atom. The topological polar surface area (TPSA) is 255 Å². The molecule has 2 aliphatic carbocycles. The van der Waals surface area contributed by atoms with E-state index in [0.717, 1.165) is 31.2 Å². The van der Waals surface area contributed by atoms with Crippen LogP contribution in [0.3, 0.4) is 0 Å². The van der Waals surface area contributed by atoms with Crippen molar-refractivity contribution >= 4 is 53.1 Å². The Bertz CT molecular complexity index is 2570. The normalized spacial score (nSPS) is 20.4. The number of hydrogen-bond donors (Lipinski definition) is 6. The van der Waals surface area contributed by atoms with Crippen molar-refractivity contribution in [1.29, 1.82) is 0 Å². The second-order valence-corrected chi connectivity index (χ2v) is 24.2. The molecule has 0 spiro atoms. The van der Waals surface area contributed by atoms with Crippen LogP contribution in [0.1, 0.15) is 124 Å². The van der Waals surface area contributed by atoms with E-state index in [1.807, 2.05) is 90.9 Å². The Labute approximate surface area is 504 Å². The van der Waals surface area contributed by atoms with Gasteiger partial charge in [0.2, 0.25) is 35.4 Å². The van der Waals surface area contributed by atoms with Gasteiger partial charge in [-0.2, -0.15) is 0 Å². The van der Waals surface area contributed by atoms with Crippen LogP contribution in [-0.2, 0) is 65.6 Å². The first-order chi connectivity index (χ1) is 40.5. The summed E-state index contributed by atoms with van der Waals surface area (Å²) in [6, 6.07) is 11.8. The lowest BCUT2D eigenvalue weighted by molar-refractivity contribution is -0.148. The molecular formula is C64H97N9O12. The number of carbonyl (C=O) groups excluding carboxylic acids is 8. The third kappa shape index (κ3) is 20.3. The summed E-state index contributed by atoms with van der Waals surface area (Å²) in [4.78, 5) is 120. The van der Waals surface area contributed by atoms with Gasteiger partial charge < -0.3 is 50.6 Å². The van der Waals surface area contributed by atoms with Crippen molar-refractivity contribution in [2.75, 3.05) is 60.4 Å². The number of carbonyl (C=O) groups is 8. The molecule has 2 fully saturated rings. The van der Waals surface area contributed by atoms with Crippen LogP contribution in [0.15, 0.2) is 54.6 Å². The molecule has 3 unspecified atom stereocenters. The molecule has 2 aromatic carbocycles. The number of rotatable bonds is 32. The van der Waals surface area contributed by atoms with Crippen molar-refractivity contribution in [1.82, 2.24) is 41.4 Å². The van der Waals surface area contributed by atoms with Crippen molar-refractivity contribution in [3.8, 4) is 11.8 Å². The molecule has 1 aliphatic heterocycles. The molecule has 21 heteroatoms. The molecule has 12 atom stereocenters. The Hall–Kier alpha value is -6.60. The summed E-state index contributed by atoms with van der Waals surface area (Å²) >= 11 is 0. The van der Waals surface area contributed by atoms with E-state index in [9.17, 15) is 38.4 Å². The Kier molecular flexibility index (Phi) is 27.6. The van der Waals surface area contributed by atoms with E-state index in [1.165, 1.54) is 14.2 Å². The van der Waals surface area contributed by atoms with E-state index < -0.39 is 84.1 Å². The maximum absolute atomic E-state index is 14.5. The van der Waals surface area contributed by atoms with E-state index >= 15 is 0 Å². The summed E-state index contributed by atoms with van der Waals surface area (Å²) in [6.07, 6.45) is 3.78. The van der Waals surface area contributed by atoms with Crippen LogP contribution in [0.25, 0.3) is 0 Å². The Balaban J connectivity index is 1.12. The van der Waals surface area contributed by atoms with Crippen LogP contribution in [0.5, 0.6) is 0 Å². The summed E-state index contributed by atoms with van der Waals surface area (Å²) in [7, 11) is 8.43. The van der Waals surface area contributed by atoms with Crippen molar-refractivity contribution in [3.63, 3.8) is 0 Å². The van der Waals surface area contributed by atoms with Crippen LogP contribution in [-0.4, -0.2) is 166 Å². The lowest BCUT2D eigenvalue weighted by atomic mass is 9.89. The van der Waals surface area contributed by atoms with Gasteiger partial charge in [0.25, 0.3) is 5.91 Å². The van der Waals surface area contributed by atoms with Crippen LogP contribution < -0.4 is 32.1 Å². The number of benzene rings is 2.